The fraction of sp³-hybridized carbons (Fsp3) is 0.643. The number of ether oxygens (including phenoxy) is 1. The molecule has 6 heteroatoms. The summed E-state index contributed by atoms with van der Waals surface area (Å²) in [5.41, 5.74) is 1.15. The molecule has 0 saturated carbocycles. The van der Waals surface area contributed by atoms with Gasteiger partial charge in [-0.25, -0.2) is 9.97 Å². The van der Waals surface area contributed by atoms with Crippen molar-refractivity contribution in [3.8, 4) is 0 Å². The Labute approximate surface area is 119 Å². The van der Waals surface area contributed by atoms with Gasteiger partial charge in [0.05, 0.1) is 13.7 Å². The van der Waals surface area contributed by atoms with Gasteiger partial charge in [0, 0.05) is 38.6 Å². The molecule has 1 fully saturated rings. The highest BCUT2D eigenvalue weighted by Gasteiger charge is 2.20. The third-order valence-corrected chi connectivity index (χ3v) is 3.56. The number of methoxy groups -OCH3 is 1. The van der Waals surface area contributed by atoms with Crippen molar-refractivity contribution < 1.29 is 9.53 Å². The molecule has 1 aliphatic heterocycles. The average Bonchev–Trinajstić information content (AvgIpc) is 2.48. The molecule has 20 heavy (non-hydrogen) atoms. The predicted molar refractivity (Wildman–Crippen MR) is 76.8 cm³/mol. The van der Waals surface area contributed by atoms with Gasteiger partial charge in [0.15, 0.2) is 0 Å². The molecule has 0 aromatic carbocycles. The molecule has 1 saturated heterocycles. The van der Waals surface area contributed by atoms with Crippen LogP contribution in [0.25, 0.3) is 0 Å². The van der Waals surface area contributed by atoms with Gasteiger partial charge in [-0.3, -0.25) is 9.69 Å². The first kappa shape index (κ1) is 14.7. The molecule has 2 rings (SSSR count). The van der Waals surface area contributed by atoms with Crippen molar-refractivity contribution in [3.05, 3.63) is 18.0 Å². The number of aromatic nitrogens is 2. The summed E-state index contributed by atoms with van der Waals surface area (Å²) < 4.78 is 4.68. The summed E-state index contributed by atoms with van der Waals surface area (Å²) in [6.45, 7) is 7.93. The number of nitrogens with zero attached hydrogens (tertiary/aromatic N) is 4. The summed E-state index contributed by atoms with van der Waals surface area (Å²) in [6.07, 6.45) is 3.79. The molecule has 0 spiro atoms. The van der Waals surface area contributed by atoms with Crippen LogP contribution in [-0.4, -0.2) is 60.7 Å². The number of carbonyl (C=O) groups is 1. The minimum absolute atomic E-state index is 0.184. The highest BCUT2D eigenvalue weighted by molar-refractivity contribution is 5.71. The Morgan fingerprint density at radius 3 is 2.35 bits per heavy atom. The Balaban J connectivity index is 1.88. The molecule has 0 unspecified atom stereocenters. The molecule has 1 aromatic heterocycles. The molecule has 0 amide bonds. The van der Waals surface area contributed by atoms with Crippen molar-refractivity contribution in [1.82, 2.24) is 14.9 Å². The van der Waals surface area contributed by atoms with E-state index >= 15 is 0 Å². The molecular formula is C14H22N4O2. The number of hydrogen-bond donors (Lipinski definition) is 0. The van der Waals surface area contributed by atoms with Crippen LogP contribution in [0.3, 0.4) is 0 Å². The molecule has 110 valence electrons. The Morgan fingerprint density at radius 1 is 1.25 bits per heavy atom. The van der Waals surface area contributed by atoms with Crippen molar-refractivity contribution in [2.75, 3.05) is 44.7 Å². The van der Waals surface area contributed by atoms with Crippen LogP contribution in [0.4, 0.5) is 5.95 Å². The highest BCUT2D eigenvalue weighted by Crippen LogP contribution is 2.15. The standard InChI is InChI=1S/C14H22N4O2/c1-11(2)12-8-15-14(16-9-12)18-6-4-17(5-7-18)10-13(19)20-3/h8-9,11H,4-7,10H2,1-3H3. The monoisotopic (exact) mass is 278 g/mol. The van der Waals surface area contributed by atoms with E-state index in [1.807, 2.05) is 12.4 Å². The van der Waals surface area contributed by atoms with Crippen molar-refractivity contribution >= 4 is 11.9 Å². The zero-order chi connectivity index (χ0) is 14.5. The Bertz CT molecular complexity index is 439. The maximum atomic E-state index is 11.2. The van der Waals surface area contributed by atoms with Gasteiger partial charge in [-0.15, -0.1) is 0 Å². The van der Waals surface area contributed by atoms with Crippen molar-refractivity contribution in [3.63, 3.8) is 0 Å². The van der Waals surface area contributed by atoms with Crippen LogP contribution in [0.1, 0.15) is 25.3 Å². The van der Waals surface area contributed by atoms with Gasteiger partial charge < -0.3 is 9.64 Å². The van der Waals surface area contributed by atoms with Crippen LogP contribution < -0.4 is 4.90 Å². The fourth-order valence-corrected chi connectivity index (χ4v) is 2.15. The quantitative estimate of drug-likeness (QED) is 0.763. The summed E-state index contributed by atoms with van der Waals surface area (Å²) >= 11 is 0. The highest BCUT2D eigenvalue weighted by atomic mass is 16.5. The Morgan fingerprint density at radius 2 is 1.85 bits per heavy atom. The van der Waals surface area contributed by atoms with E-state index in [0.717, 1.165) is 37.7 Å². The summed E-state index contributed by atoms with van der Waals surface area (Å²) in [4.78, 5) is 24.3. The van der Waals surface area contributed by atoms with Gasteiger partial charge in [-0.2, -0.15) is 0 Å². The van der Waals surface area contributed by atoms with E-state index in [2.05, 4.69) is 38.4 Å². The number of hydrogen-bond acceptors (Lipinski definition) is 6. The van der Waals surface area contributed by atoms with E-state index in [1.165, 1.54) is 7.11 Å². The van der Waals surface area contributed by atoms with E-state index in [0.29, 0.717) is 12.5 Å². The molecule has 1 aliphatic rings. The van der Waals surface area contributed by atoms with E-state index in [4.69, 9.17) is 0 Å². The van der Waals surface area contributed by atoms with Gasteiger partial charge in [0.25, 0.3) is 0 Å². The van der Waals surface area contributed by atoms with Gasteiger partial charge in [-0.1, -0.05) is 13.8 Å². The van der Waals surface area contributed by atoms with Crippen molar-refractivity contribution in [2.45, 2.75) is 19.8 Å². The number of piperazine rings is 1. The van der Waals surface area contributed by atoms with Crippen LogP contribution in [0.5, 0.6) is 0 Å². The summed E-state index contributed by atoms with van der Waals surface area (Å²) in [6, 6.07) is 0. The normalized spacial score (nSPS) is 16.5. The number of anilines is 1. The molecule has 6 nitrogen and oxygen atoms in total. The van der Waals surface area contributed by atoms with Crippen molar-refractivity contribution in [1.29, 1.82) is 0 Å². The fourth-order valence-electron chi connectivity index (χ4n) is 2.15. The second kappa shape index (κ2) is 6.65. The third-order valence-electron chi connectivity index (χ3n) is 3.56. The molecule has 0 radical (unpaired) electrons. The summed E-state index contributed by atoms with van der Waals surface area (Å²) in [7, 11) is 1.42. The van der Waals surface area contributed by atoms with Gasteiger partial charge in [0.1, 0.15) is 0 Å². The first-order valence-electron chi connectivity index (χ1n) is 6.96. The van der Waals surface area contributed by atoms with E-state index in [9.17, 15) is 4.79 Å². The number of carbonyl (C=O) groups excluding carboxylic acids is 1. The minimum Gasteiger partial charge on any atom is -0.468 e. The molecule has 0 atom stereocenters. The van der Waals surface area contributed by atoms with Gasteiger partial charge >= 0.3 is 5.97 Å². The van der Waals surface area contributed by atoms with Crippen molar-refractivity contribution in [2.24, 2.45) is 0 Å². The molecule has 1 aromatic rings. The van der Waals surface area contributed by atoms with Gasteiger partial charge in [-0.05, 0) is 11.5 Å². The SMILES string of the molecule is COC(=O)CN1CCN(c2ncc(C(C)C)cn2)CC1. The lowest BCUT2D eigenvalue weighted by molar-refractivity contribution is -0.142. The second-order valence-electron chi connectivity index (χ2n) is 5.31. The van der Waals surface area contributed by atoms with Gasteiger partial charge in [0.2, 0.25) is 5.95 Å². The summed E-state index contributed by atoms with van der Waals surface area (Å²) in [5, 5.41) is 0. The zero-order valence-corrected chi connectivity index (χ0v) is 12.4. The minimum atomic E-state index is -0.184. The van der Waals surface area contributed by atoms with E-state index in [1.54, 1.807) is 0 Å². The largest absolute Gasteiger partial charge is 0.468 e. The van der Waals surface area contributed by atoms with Crippen LogP contribution in [-0.2, 0) is 9.53 Å². The molecule has 0 N–H and O–H groups in total. The molecule has 0 bridgehead atoms. The van der Waals surface area contributed by atoms with E-state index in [-0.39, 0.29) is 5.97 Å². The van der Waals surface area contributed by atoms with Crippen LogP contribution in [0, 0.1) is 0 Å². The molecule has 0 aliphatic carbocycles. The smallest absolute Gasteiger partial charge is 0.319 e. The Kier molecular flexibility index (Phi) is 4.89. The van der Waals surface area contributed by atoms with Crippen LogP contribution in [0.15, 0.2) is 12.4 Å². The first-order chi connectivity index (χ1) is 9.60. The second-order valence-corrected chi connectivity index (χ2v) is 5.31. The maximum absolute atomic E-state index is 11.2. The zero-order valence-electron chi connectivity index (χ0n) is 12.4. The lowest BCUT2D eigenvalue weighted by Gasteiger charge is -2.34. The lowest BCUT2D eigenvalue weighted by atomic mass is 10.1. The Hall–Kier alpha value is -1.69. The van der Waals surface area contributed by atoms with Crippen LogP contribution in [0.2, 0.25) is 0 Å². The average molecular weight is 278 g/mol. The number of rotatable bonds is 4. The topological polar surface area (TPSA) is 58.6 Å². The lowest BCUT2D eigenvalue weighted by Crippen LogP contribution is -2.48. The third kappa shape index (κ3) is 3.66. The van der Waals surface area contributed by atoms with Crippen LogP contribution >= 0.6 is 0 Å². The number of esters is 1. The summed E-state index contributed by atoms with van der Waals surface area (Å²) in [5.74, 6) is 1.03. The first-order valence-corrected chi connectivity index (χ1v) is 6.96. The predicted octanol–water partition coefficient (Wildman–Crippen LogP) is 0.895. The molecule has 2 heterocycles. The molecular weight excluding hydrogens is 256 g/mol. The van der Waals surface area contributed by atoms with E-state index < -0.39 is 0 Å². The maximum Gasteiger partial charge on any atom is 0.319 e.